The van der Waals surface area contributed by atoms with Crippen LogP contribution in [-0.4, -0.2) is 44.6 Å². The Labute approximate surface area is 176 Å². The molecule has 0 bridgehead atoms. The molecule has 2 aromatic carbocycles. The summed E-state index contributed by atoms with van der Waals surface area (Å²) in [4.78, 5) is 0. The maximum absolute atomic E-state index is 9.64. The zero-order valence-corrected chi connectivity index (χ0v) is 19.2. The van der Waals surface area contributed by atoms with Gasteiger partial charge in [-0.05, 0) is 29.3 Å². The van der Waals surface area contributed by atoms with E-state index in [1.165, 1.54) is 10.4 Å². The highest BCUT2D eigenvalue weighted by Gasteiger charge is 2.51. The van der Waals surface area contributed by atoms with Gasteiger partial charge in [0.1, 0.15) is 0 Å². The molecule has 0 radical (unpaired) electrons. The third-order valence-corrected chi connectivity index (χ3v) is 10.5. The van der Waals surface area contributed by atoms with Crippen molar-refractivity contribution in [3.05, 3.63) is 60.7 Å². The normalized spacial score (nSPS) is 22.4. The minimum absolute atomic E-state index is 0.0114. The van der Waals surface area contributed by atoms with Gasteiger partial charge in [-0.1, -0.05) is 81.4 Å². The van der Waals surface area contributed by atoms with E-state index in [1.54, 1.807) is 0 Å². The largest absolute Gasteiger partial charge is 0.405 e. The van der Waals surface area contributed by atoms with E-state index in [2.05, 4.69) is 69.3 Å². The maximum atomic E-state index is 9.64. The molecule has 4 nitrogen and oxygen atoms in total. The Bertz CT molecular complexity index is 731. The van der Waals surface area contributed by atoms with Crippen LogP contribution >= 0.6 is 0 Å². The zero-order chi connectivity index (χ0) is 21.1. The first kappa shape index (κ1) is 22.2. The summed E-state index contributed by atoms with van der Waals surface area (Å²) in [5, 5.41) is 12.1. The van der Waals surface area contributed by atoms with Crippen LogP contribution in [0.3, 0.4) is 0 Å². The predicted molar refractivity (Wildman–Crippen MR) is 119 cm³/mol. The molecule has 0 amide bonds. The van der Waals surface area contributed by atoms with Crippen molar-refractivity contribution in [3.8, 4) is 0 Å². The smallest absolute Gasteiger partial charge is 0.261 e. The van der Waals surface area contributed by atoms with E-state index < -0.39 is 14.1 Å². The number of ether oxygens (including phenoxy) is 2. The summed E-state index contributed by atoms with van der Waals surface area (Å²) in [6, 6.07) is 21.2. The number of aliphatic hydroxyl groups is 1. The van der Waals surface area contributed by atoms with Gasteiger partial charge in [0.05, 0.1) is 25.4 Å². The molecule has 29 heavy (non-hydrogen) atoms. The van der Waals surface area contributed by atoms with E-state index in [-0.39, 0.29) is 23.9 Å². The lowest BCUT2D eigenvalue weighted by molar-refractivity contribution is -0.307. The van der Waals surface area contributed by atoms with Gasteiger partial charge in [-0.2, -0.15) is 0 Å². The minimum Gasteiger partial charge on any atom is -0.405 e. The van der Waals surface area contributed by atoms with E-state index in [4.69, 9.17) is 13.9 Å². The molecule has 158 valence electrons. The van der Waals surface area contributed by atoms with Crippen LogP contribution in [0, 0.1) is 0 Å². The van der Waals surface area contributed by atoms with Gasteiger partial charge in [-0.3, -0.25) is 0 Å². The third-order valence-electron chi connectivity index (χ3n) is 5.53. The van der Waals surface area contributed by atoms with Crippen molar-refractivity contribution in [2.24, 2.45) is 0 Å². The number of benzene rings is 2. The van der Waals surface area contributed by atoms with Crippen molar-refractivity contribution in [1.82, 2.24) is 0 Å². The number of rotatable bonds is 6. The highest BCUT2D eigenvalue weighted by atomic mass is 28.4. The minimum atomic E-state index is -2.60. The molecule has 1 aliphatic rings. The SMILES string of the molecule is CC1(C)O[C@@H](CO)C[C@H](CO[Si](c2ccccc2)(c2ccccc2)C(C)(C)C)O1. The Morgan fingerprint density at radius 1 is 0.931 bits per heavy atom. The molecule has 1 aliphatic heterocycles. The molecule has 0 spiro atoms. The average molecular weight is 415 g/mol. The quantitative estimate of drug-likeness (QED) is 0.736. The summed E-state index contributed by atoms with van der Waals surface area (Å²) in [5.74, 6) is -0.731. The van der Waals surface area contributed by atoms with Crippen molar-refractivity contribution in [2.75, 3.05) is 13.2 Å². The molecule has 3 rings (SSSR count). The van der Waals surface area contributed by atoms with E-state index in [0.717, 1.165) is 0 Å². The molecule has 0 aliphatic carbocycles. The monoisotopic (exact) mass is 414 g/mol. The van der Waals surface area contributed by atoms with Gasteiger partial charge in [0, 0.05) is 6.42 Å². The van der Waals surface area contributed by atoms with Gasteiger partial charge in [-0.25, -0.2) is 0 Å². The predicted octanol–water partition coefficient (Wildman–Crippen LogP) is 3.47. The van der Waals surface area contributed by atoms with Gasteiger partial charge < -0.3 is 19.0 Å². The Morgan fingerprint density at radius 3 is 1.86 bits per heavy atom. The maximum Gasteiger partial charge on any atom is 0.261 e. The Balaban J connectivity index is 1.98. The first-order valence-electron chi connectivity index (χ1n) is 10.4. The molecular weight excluding hydrogens is 380 g/mol. The van der Waals surface area contributed by atoms with Crippen LogP contribution in [-0.2, 0) is 13.9 Å². The second kappa shape index (κ2) is 8.70. The number of hydrogen-bond donors (Lipinski definition) is 1. The highest BCUT2D eigenvalue weighted by Crippen LogP contribution is 2.37. The molecule has 1 fully saturated rings. The van der Waals surface area contributed by atoms with Crippen LogP contribution in [0.5, 0.6) is 0 Å². The molecule has 0 unspecified atom stereocenters. The van der Waals surface area contributed by atoms with Crippen LogP contribution in [0.4, 0.5) is 0 Å². The van der Waals surface area contributed by atoms with E-state index >= 15 is 0 Å². The van der Waals surface area contributed by atoms with Crippen molar-refractivity contribution in [2.45, 2.75) is 64.1 Å². The lowest BCUT2D eigenvalue weighted by Gasteiger charge is -2.45. The zero-order valence-electron chi connectivity index (χ0n) is 18.2. The van der Waals surface area contributed by atoms with Crippen molar-refractivity contribution in [1.29, 1.82) is 0 Å². The first-order valence-corrected chi connectivity index (χ1v) is 12.3. The second-order valence-electron chi connectivity index (χ2n) is 9.27. The van der Waals surface area contributed by atoms with Gasteiger partial charge in [0.15, 0.2) is 5.79 Å². The summed E-state index contributed by atoms with van der Waals surface area (Å²) in [6.45, 7) is 11.0. The first-order chi connectivity index (χ1) is 13.7. The Morgan fingerprint density at radius 2 is 1.41 bits per heavy atom. The van der Waals surface area contributed by atoms with Crippen LogP contribution in [0.1, 0.15) is 41.0 Å². The topological polar surface area (TPSA) is 47.9 Å². The van der Waals surface area contributed by atoms with Crippen LogP contribution < -0.4 is 10.4 Å². The lowest BCUT2D eigenvalue weighted by atomic mass is 10.1. The molecule has 1 saturated heterocycles. The fourth-order valence-electron chi connectivity index (χ4n) is 4.41. The van der Waals surface area contributed by atoms with Crippen molar-refractivity contribution >= 4 is 18.7 Å². The van der Waals surface area contributed by atoms with Gasteiger partial charge in [0.2, 0.25) is 0 Å². The molecule has 0 saturated carbocycles. The van der Waals surface area contributed by atoms with E-state index in [1.807, 2.05) is 26.0 Å². The molecule has 1 N–H and O–H groups in total. The molecular formula is C24H34O4Si. The van der Waals surface area contributed by atoms with Gasteiger partial charge in [0.25, 0.3) is 8.32 Å². The number of hydrogen-bond acceptors (Lipinski definition) is 4. The van der Waals surface area contributed by atoms with Gasteiger partial charge in [-0.15, -0.1) is 0 Å². The summed E-state index contributed by atoms with van der Waals surface area (Å²) >= 11 is 0. The summed E-state index contributed by atoms with van der Waals surface area (Å²) < 4.78 is 18.9. The van der Waals surface area contributed by atoms with Crippen LogP contribution in [0.15, 0.2) is 60.7 Å². The summed E-state index contributed by atoms with van der Waals surface area (Å²) in [5.41, 5.74) is 0. The van der Waals surface area contributed by atoms with Crippen LogP contribution in [0.25, 0.3) is 0 Å². The highest BCUT2D eigenvalue weighted by molar-refractivity contribution is 6.99. The van der Waals surface area contributed by atoms with Crippen molar-refractivity contribution in [3.63, 3.8) is 0 Å². The summed E-state index contributed by atoms with van der Waals surface area (Å²) in [6.07, 6.45) is 0.266. The molecule has 0 aromatic heterocycles. The Kier molecular flexibility index (Phi) is 6.66. The van der Waals surface area contributed by atoms with E-state index in [9.17, 15) is 5.11 Å². The fraction of sp³-hybridized carbons (Fsp3) is 0.500. The summed E-state index contributed by atoms with van der Waals surface area (Å²) in [7, 11) is -2.60. The van der Waals surface area contributed by atoms with Crippen LogP contribution in [0.2, 0.25) is 5.04 Å². The van der Waals surface area contributed by atoms with Crippen molar-refractivity contribution < 1.29 is 19.0 Å². The molecule has 1 heterocycles. The van der Waals surface area contributed by atoms with E-state index in [0.29, 0.717) is 13.0 Å². The molecule has 2 aromatic rings. The standard InChI is InChI=1S/C24H34O4Si/c1-23(2,3)29(21-12-8-6-9-13-21,22-14-10-7-11-15-22)26-18-20-16-19(17-25)27-24(4,5)28-20/h6-15,19-20,25H,16-18H2,1-5H3/t19-,20-/m1/s1. The lowest BCUT2D eigenvalue weighted by Crippen LogP contribution is -2.67. The fourth-order valence-corrected chi connectivity index (χ4v) is 9.00. The molecule has 2 atom stereocenters. The average Bonchev–Trinajstić information content (AvgIpc) is 2.68. The van der Waals surface area contributed by atoms with Gasteiger partial charge >= 0.3 is 0 Å². The Hall–Kier alpha value is -1.50. The third kappa shape index (κ3) is 4.81. The number of aliphatic hydroxyl groups excluding tert-OH is 1. The second-order valence-corrected chi connectivity index (χ2v) is 13.6. The molecule has 5 heteroatoms.